The molecule has 1 heterocycles. The van der Waals surface area contributed by atoms with Crippen LogP contribution in [0.1, 0.15) is 35.8 Å². The van der Waals surface area contributed by atoms with Crippen molar-refractivity contribution in [2.75, 3.05) is 11.9 Å². The third-order valence-corrected chi connectivity index (χ3v) is 5.60. The lowest BCUT2D eigenvalue weighted by molar-refractivity contribution is -0.118. The number of halogens is 2. The summed E-state index contributed by atoms with van der Waals surface area (Å²) in [7, 11) is 0. The highest BCUT2D eigenvalue weighted by atomic mass is 35.5. The summed E-state index contributed by atoms with van der Waals surface area (Å²) in [4.78, 5) is 17.4. The number of carbonyl (C=O) groups excluding carboxylic acids is 1. The zero-order valence-corrected chi connectivity index (χ0v) is 17.9. The predicted molar refractivity (Wildman–Crippen MR) is 116 cm³/mol. The SMILES string of the molecule is CC(C)c1ccc(OCC(=O)Nc2ncc(Cc3ccc(Cl)cc3Cl)s2)cc1. The van der Waals surface area contributed by atoms with Crippen molar-refractivity contribution < 1.29 is 9.53 Å². The van der Waals surface area contributed by atoms with Crippen LogP contribution >= 0.6 is 34.5 Å². The largest absolute Gasteiger partial charge is 0.484 e. The number of thiazole rings is 1. The topological polar surface area (TPSA) is 51.2 Å². The van der Waals surface area contributed by atoms with Gasteiger partial charge in [-0.05, 0) is 41.3 Å². The molecule has 0 aliphatic carbocycles. The molecular weight excluding hydrogens is 415 g/mol. The van der Waals surface area contributed by atoms with Crippen LogP contribution in [0.2, 0.25) is 10.0 Å². The van der Waals surface area contributed by atoms with Crippen LogP contribution in [-0.4, -0.2) is 17.5 Å². The summed E-state index contributed by atoms with van der Waals surface area (Å²) in [6.07, 6.45) is 2.36. The van der Waals surface area contributed by atoms with Gasteiger partial charge in [0, 0.05) is 27.5 Å². The fourth-order valence-corrected chi connectivity index (χ4v) is 3.88. The molecule has 0 saturated heterocycles. The Morgan fingerprint density at radius 1 is 1.18 bits per heavy atom. The molecule has 3 aromatic rings. The highest BCUT2D eigenvalue weighted by Gasteiger charge is 2.10. The first kappa shape index (κ1) is 20.6. The number of benzene rings is 2. The number of hydrogen-bond acceptors (Lipinski definition) is 4. The van der Waals surface area contributed by atoms with E-state index in [4.69, 9.17) is 27.9 Å². The van der Waals surface area contributed by atoms with E-state index in [0.29, 0.717) is 33.3 Å². The lowest BCUT2D eigenvalue weighted by atomic mass is 10.0. The van der Waals surface area contributed by atoms with Crippen molar-refractivity contribution in [3.05, 3.63) is 74.7 Å². The molecule has 146 valence electrons. The molecule has 0 unspecified atom stereocenters. The average molecular weight is 435 g/mol. The zero-order chi connectivity index (χ0) is 20.1. The Balaban J connectivity index is 1.52. The van der Waals surface area contributed by atoms with Gasteiger partial charge in [0.25, 0.3) is 5.91 Å². The molecule has 0 radical (unpaired) electrons. The summed E-state index contributed by atoms with van der Waals surface area (Å²) in [6.45, 7) is 4.19. The number of nitrogens with one attached hydrogen (secondary N) is 1. The number of amides is 1. The minimum atomic E-state index is -0.252. The Bertz CT molecular complexity index is 955. The third-order valence-electron chi connectivity index (χ3n) is 4.10. The van der Waals surface area contributed by atoms with Gasteiger partial charge < -0.3 is 4.74 Å². The second-order valence-corrected chi connectivity index (χ2v) is 8.56. The van der Waals surface area contributed by atoms with Gasteiger partial charge in [0.05, 0.1) is 0 Å². The number of nitrogens with zero attached hydrogens (tertiary/aromatic N) is 1. The molecule has 0 bridgehead atoms. The minimum absolute atomic E-state index is 0.0705. The first-order chi connectivity index (χ1) is 13.4. The van der Waals surface area contributed by atoms with Gasteiger partial charge in [0.2, 0.25) is 0 Å². The van der Waals surface area contributed by atoms with Crippen molar-refractivity contribution in [2.45, 2.75) is 26.2 Å². The van der Waals surface area contributed by atoms with Crippen LogP contribution in [0.3, 0.4) is 0 Å². The van der Waals surface area contributed by atoms with E-state index in [1.165, 1.54) is 16.9 Å². The number of rotatable bonds is 7. The average Bonchev–Trinajstić information content (AvgIpc) is 3.09. The highest BCUT2D eigenvalue weighted by molar-refractivity contribution is 7.15. The van der Waals surface area contributed by atoms with Crippen LogP contribution in [0, 0.1) is 0 Å². The smallest absolute Gasteiger partial charge is 0.264 e. The molecule has 0 atom stereocenters. The van der Waals surface area contributed by atoms with Crippen molar-refractivity contribution in [2.24, 2.45) is 0 Å². The van der Waals surface area contributed by atoms with Gasteiger partial charge in [-0.3, -0.25) is 10.1 Å². The maximum absolute atomic E-state index is 12.1. The maximum Gasteiger partial charge on any atom is 0.264 e. The zero-order valence-electron chi connectivity index (χ0n) is 15.5. The minimum Gasteiger partial charge on any atom is -0.484 e. The molecule has 1 amide bonds. The van der Waals surface area contributed by atoms with Crippen LogP contribution < -0.4 is 10.1 Å². The van der Waals surface area contributed by atoms with Crippen LogP contribution in [-0.2, 0) is 11.2 Å². The highest BCUT2D eigenvalue weighted by Crippen LogP contribution is 2.27. The maximum atomic E-state index is 12.1. The lowest BCUT2D eigenvalue weighted by Crippen LogP contribution is -2.19. The summed E-state index contributed by atoms with van der Waals surface area (Å²) in [5.74, 6) is 0.870. The van der Waals surface area contributed by atoms with Crippen molar-refractivity contribution in [3.63, 3.8) is 0 Å². The predicted octanol–water partition coefficient (Wildman–Crippen LogP) is 6.18. The summed E-state index contributed by atoms with van der Waals surface area (Å²) in [5, 5.41) is 4.51. The van der Waals surface area contributed by atoms with Crippen molar-refractivity contribution >= 4 is 45.6 Å². The van der Waals surface area contributed by atoms with Gasteiger partial charge in [-0.15, -0.1) is 11.3 Å². The van der Waals surface area contributed by atoms with Crippen molar-refractivity contribution in [1.29, 1.82) is 0 Å². The van der Waals surface area contributed by atoms with E-state index in [1.54, 1.807) is 18.3 Å². The summed E-state index contributed by atoms with van der Waals surface area (Å²) in [6, 6.07) is 13.2. The van der Waals surface area contributed by atoms with Crippen LogP contribution in [0.15, 0.2) is 48.7 Å². The standard InChI is InChI=1S/C21H20Cl2N2O2S/c1-13(2)14-4-7-17(8-5-14)27-12-20(26)25-21-24-11-18(28-21)9-15-3-6-16(22)10-19(15)23/h3-8,10-11,13H,9,12H2,1-2H3,(H,24,25,26). The molecule has 0 aliphatic heterocycles. The fourth-order valence-electron chi connectivity index (χ4n) is 2.55. The van der Waals surface area contributed by atoms with E-state index < -0.39 is 0 Å². The Kier molecular flexibility index (Phi) is 6.94. The molecule has 1 aromatic heterocycles. The molecule has 0 spiro atoms. The van der Waals surface area contributed by atoms with Gasteiger partial charge in [0.1, 0.15) is 5.75 Å². The molecular formula is C21H20Cl2N2O2S. The Morgan fingerprint density at radius 2 is 1.93 bits per heavy atom. The summed E-state index contributed by atoms with van der Waals surface area (Å²) < 4.78 is 5.54. The van der Waals surface area contributed by atoms with Crippen LogP contribution in [0.5, 0.6) is 5.75 Å². The summed E-state index contributed by atoms with van der Waals surface area (Å²) in [5.41, 5.74) is 2.19. The fraction of sp³-hybridized carbons (Fsp3) is 0.238. The van der Waals surface area contributed by atoms with E-state index in [0.717, 1.165) is 10.4 Å². The van der Waals surface area contributed by atoms with E-state index in [9.17, 15) is 4.79 Å². The number of ether oxygens (including phenoxy) is 1. The number of aromatic nitrogens is 1. The lowest BCUT2D eigenvalue weighted by Gasteiger charge is -2.08. The molecule has 0 fully saturated rings. The molecule has 4 nitrogen and oxygen atoms in total. The Morgan fingerprint density at radius 3 is 2.61 bits per heavy atom. The third kappa shape index (κ3) is 5.71. The normalized spacial score (nSPS) is 10.9. The first-order valence-corrected chi connectivity index (χ1v) is 10.4. The number of anilines is 1. The van der Waals surface area contributed by atoms with Crippen LogP contribution in [0.25, 0.3) is 0 Å². The molecule has 7 heteroatoms. The molecule has 2 aromatic carbocycles. The van der Waals surface area contributed by atoms with Gasteiger partial charge in [0.15, 0.2) is 11.7 Å². The number of hydrogen-bond donors (Lipinski definition) is 1. The van der Waals surface area contributed by atoms with Crippen LogP contribution in [0.4, 0.5) is 5.13 Å². The van der Waals surface area contributed by atoms with Gasteiger partial charge >= 0.3 is 0 Å². The van der Waals surface area contributed by atoms with E-state index in [2.05, 4.69) is 24.1 Å². The summed E-state index contributed by atoms with van der Waals surface area (Å²) >= 11 is 13.5. The second-order valence-electron chi connectivity index (χ2n) is 6.60. The van der Waals surface area contributed by atoms with E-state index in [1.807, 2.05) is 30.3 Å². The molecule has 28 heavy (non-hydrogen) atoms. The van der Waals surface area contributed by atoms with E-state index in [-0.39, 0.29) is 12.5 Å². The first-order valence-electron chi connectivity index (χ1n) is 8.82. The van der Waals surface area contributed by atoms with Gasteiger partial charge in [-0.25, -0.2) is 4.98 Å². The molecule has 1 N–H and O–H groups in total. The molecule has 3 rings (SSSR count). The van der Waals surface area contributed by atoms with E-state index >= 15 is 0 Å². The Hall–Kier alpha value is -2.08. The van der Waals surface area contributed by atoms with Gasteiger partial charge in [-0.1, -0.05) is 55.2 Å². The monoisotopic (exact) mass is 434 g/mol. The van der Waals surface area contributed by atoms with Crippen molar-refractivity contribution in [3.8, 4) is 5.75 Å². The second kappa shape index (κ2) is 9.41. The van der Waals surface area contributed by atoms with Gasteiger partial charge in [-0.2, -0.15) is 0 Å². The molecule has 0 saturated carbocycles. The molecule has 0 aliphatic rings. The van der Waals surface area contributed by atoms with Crippen molar-refractivity contribution in [1.82, 2.24) is 4.98 Å². The quantitative estimate of drug-likeness (QED) is 0.482. The number of carbonyl (C=O) groups is 1. The Labute approximate surface area is 178 Å².